The van der Waals surface area contributed by atoms with Gasteiger partial charge in [0.25, 0.3) is 0 Å². The molecule has 8 rings (SSSR count). The van der Waals surface area contributed by atoms with Gasteiger partial charge in [0.15, 0.2) is 0 Å². The Hall–Kier alpha value is -5.66. The summed E-state index contributed by atoms with van der Waals surface area (Å²) in [6.45, 7) is 1.70. The molecule has 6 heterocycles. The van der Waals surface area contributed by atoms with Crippen LogP contribution in [0.3, 0.4) is 0 Å². The van der Waals surface area contributed by atoms with Crippen LogP contribution in [0.25, 0.3) is 22.1 Å². The molecule has 2 aliphatic heterocycles. The summed E-state index contributed by atoms with van der Waals surface area (Å²) in [5.74, 6) is -1.07. The summed E-state index contributed by atoms with van der Waals surface area (Å²) in [5.41, 5.74) is 7.06. The van der Waals surface area contributed by atoms with Crippen LogP contribution in [0.15, 0.2) is 60.7 Å². The van der Waals surface area contributed by atoms with Crippen molar-refractivity contribution in [1.82, 2.24) is 39.4 Å². The third kappa shape index (κ3) is 3.43. The van der Waals surface area contributed by atoms with E-state index in [4.69, 9.17) is 9.68 Å². The Morgan fingerprint density at radius 2 is 1.12 bits per heavy atom. The number of hydrogen-bond donors (Lipinski definition) is 0. The van der Waals surface area contributed by atoms with Crippen LogP contribution in [-0.2, 0) is 27.2 Å². The smallest absolute Gasteiger partial charge is 0.346 e. The summed E-state index contributed by atoms with van der Waals surface area (Å²) in [7, 11) is 3.69. The van der Waals surface area contributed by atoms with Crippen LogP contribution in [0.1, 0.15) is 32.4 Å². The maximum absolute atomic E-state index is 13.2. The molecule has 204 valence electrons. The zero-order chi connectivity index (χ0) is 27.8. The first-order valence-corrected chi connectivity index (χ1v) is 12.9. The Balaban J connectivity index is 1.07. The molecule has 0 unspecified atom stereocenters. The lowest BCUT2D eigenvalue weighted by Gasteiger charge is -2.42. The molecule has 0 spiro atoms. The van der Waals surface area contributed by atoms with E-state index in [0.29, 0.717) is 53.2 Å². The lowest BCUT2D eigenvalue weighted by Crippen LogP contribution is -2.46. The number of fused-ring (bicyclic) bond motifs is 8. The van der Waals surface area contributed by atoms with Crippen LogP contribution >= 0.6 is 0 Å². The van der Waals surface area contributed by atoms with E-state index in [1.165, 1.54) is 0 Å². The second-order valence-electron chi connectivity index (χ2n) is 10.0. The average molecular weight is 551 g/mol. The maximum Gasteiger partial charge on any atom is 0.382 e. The van der Waals surface area contributed by atoms with E-state index in [0.717, 1.165) is 32.5 Å². The highest BCUT2D eigenvalue weighted by Crippen LogP contribution is 2.40. The van der Waals surface area contributed by atoms with E-state index in [2.05, 4.69) is 30.4 Å². The highest BCUT2D eigenvalue weighted by molar-refractivity contribution is 5.92. The van der Waals surface area contributed by atoms with Gasteiger partial charge >= 0.3 is 11.9 Å². The van der Waals surface area contributed by atoms with Gasteiger partial charge in [-0.15, -0.1) is 10.2 Å². The Morgan fingerprint density at radius 1 is 0.683 bits per heavy atom. The molecule has 41 heavy (non-hydrogen) atoms. The molecule has 0 atom stereocenters. The van der Waals surface area contributed by atoms with Crippen molar-refractivity contribution >= 4 is 45.4 Å². The molecule has 0 amide bonds. The minimum Gasteiger partial charge on any atom is -0.346 e. The largest absolute Gasteiger partial charge is 0.382 e. The SMILES string of the molecule is Cn1c(C(=O)On2nnc3ccccc32)cc2c1CN1CN2Cc2c1cc(C(=O)On1nnc3ccccc31)n2C. The molecule has 14 nitrogen and oxygen atoms in total. The number of anilines is 2. The van der Waals surface area contributed by atoms with Gasteiger partial charge in [-0.05, 0) is 46.8 Å². The molecule has 2 bridgehead atoms. The normalized spacial score (nSPS) is 13.9. The third-order valence-corrected chi connectivity index (χ3v) is 7.77. The van der Waals surface area contributed by atoms with E-state index in [9.17, 15) is 9.59 Å². The monoisotopic (exact) mass is 550 g/mol. The van der Waals surface area contributed by atoms with Crippen molar-refractivity contribution in [3.8, 4) is 0 Å². The molecule has 0 radical (unpaired) electrons. The fourth-order valence-electron chi connectivity index (χ4n) is 5.64. The van der Waals surface area contributed by atoms with Gasteiger partial charge in [0.1, 0.15) is 33.5 Å². The Morgan fingerprint density at radius 3 is 1.59 bits per heavy atom. The molecule has 0 fully saturated rings. The van der Waals surface area contributed by atoms with Gasteiger partial charge in [0.05, 0.1) is 42.5 Å². The summed E-state index contributed by atoms with van der Waals surface area (Å²) >= 11 is 0. The van der Waals surface area contributed by atoms with Crippen molar-refractivity contribution in [2.45, 2.75) is 13.1 Å². The first-order chi connectivity index (χ1) is 20.0. The average Bonchev–Trinajstić information content (AvgIpc) is 3.74. The minimum absolute atomic E-state index is 0.400. The number of nitrogens with zero attached hydrogens (tertiary/aromatic N) is 10. The fourth-order valence-corrected chi connectivity index (χ4v) is 5.64. The van der Waals surface area contributed by atoms with Crippen LogP contribution < -0.4 is 19.5 Å². The highest BCUT2D eigenvalue weighted by atomic mass is 16.7. The van der Waals surface area contributed by atoms with Crippen molar-refractivity contribution in [2.24, 2.45) is 14.1 Å². The quantitative estimate of drug-likeness (QED) is 0.299. The number of para-hydroxylation sites is 2. The molecule has 0 saturated heterocycles. The van der Waals surface area contributed by atoms with Crippen molar-refractivity contribution in [3.63, 3.8) is 0 Å². The number of benzene rings is 2. The molecule has 0 aliphatic carbocycles. The number of rotatable bonds is 4. The van der Waals surface area contributed by atoms with Crippen LogP contribution in [0, 0.1) is 0 Å². The molecule has 0 saturated carbocycles. The summed E-state index contributed by atoms with van der Waals surface area (Å²) in [5, 5.41) is 16.0. The van der Waals surface area contributed by atoms with Gasteiger partial charge in [0, 0.05) is 14.1 Å². The molecule has 6 aromatic rings. The summed E-state index contributed by atoms with van der Waals surface area (Å²) in [6, 6.07) is 18.2. The molecule has 2 aliphatic rings. The molecular weight excluding hydrogens is 528 g/mol. The number of aromatic nitrogens is 8. The van der Waals surface area contributed by atoms with Crippen LogP contribution in [0.2, 0.25) is 0 Å². The second-order valence-corrected chi connectivity index (χ2v) is 10.0. The lowest BCUT2D eigenvalue weighted by atomic mass is 10.1. The topological polar surface area (TPSA) is 130 Å². The number of hydrogen-bond acceptors (Lipinski definition) is 10. The predicted octanol–water partition coefficient (Wildman–Crippen LogP) is 1.69. The van der Waals surface area contributed by atoms with Gasteiger partial charge in [-0.2, -0.15) is 0 Å². The molecule has 2 aromatic carbocycles. The summed E-state index contributed by atoms with van der Waals surface area (Å²) in [6.07, 6.45) is 0. The molecule has 0 N–H and O–H groups in total. The first-order valence-electron chi connectivity index (χ1n) is 12.9. The Bertz CT molecular complexity index is 1890. The third-order valence-electron chi connectivity index (χ3n) is 7.77. The van der Waals surface area contributed by atoms with E-state index >= 15 is 0 Å². The van der Waals surface area contributed by atoms with E-state index in [-0.39, 0.29) is 0 Å². The Kier molecular flexibility index (Phi) is 4.77. The van der Waals surface area contributed by atoms with E-state index in [1.54, 1.807) is 24.3 Å². The second kappa shape index (κ2) is 8.42. The van der Waals surface area contributed by atoms with Crippen molar-refractivity contribution < 1.29 is 19.3 Å². The minimum atomic E-state index is -0.536. The predicted molar refractivity (Wildman–Crippen MR) is 145 cm³/mol. The summed E-state index contributed by atoms with van der Waals surface area (Å²) in [4.78, 5) is 44.2. The summed E-state index contributed by atoms with van der Waals surface area (Å²) < 4.78 is 3.68. The molecule has 4 aromatic heterocycles. The van der Waals surface area contributed by atoms with Gasteiger partial charge < -0.3 is 28.6 Å². The van der Waals surface area contributed by atoms with E-state index < -0.39 is 11.9 Å². The van der Waals surface area contributed by atoms with Gasteiger partial charge in [-0.1, -0.05) is 34.0 Å². The van der Waals surface area contributed by atoms with Crippen molar-refractivity contribution in [2.75, 3.05) is 16.5 Å². The fraction of sp³-hybridized carbons (Fsp3) is 0.185. The van der Waals surface area contributed by atoms with Gasteiger partial charge in [0.2, 0.25) is 0 Å². The van der Waals surface area contributed by atoms with Crippen molar-refractivity contribution in [1.29, 1.82) is 0 Å². The standard InChI is InChI=1S/C27H22N10O4/c1-32-22(26(38)40-36-18-9-5-3-7-16(18)28-30-36)11-20-24(32)13-34-15-35(20)14-25-21(34)12-23(33(25)2)27(39)41-37-19-10-6-4-8-17(19)29-31-37/h3-12H,13-15H2,1-2H3. The maximum atomic E-state index is 13.2. The van der Waals surface area contributed by atoms with Gasteiger partial charge in [-0.25, -0.2) is 9.59 Å². The van der Waals surface area contributed by atoms with Crippen molar-refractivity contribution in [3.05, 3.63) is 83.4 Å². The zero-order valence-corrected chi connectivity index (χ0v) is 22.0. The number of carbonyl (C=O) groups excluding carboxylic acids is 2. The van der Waals surface area contributed by atoms with Crippen LogP contribution in [0.4, 0.5) is 11.4 Å². The first kappa shape index (κ1) is 23.2. The highest BCUT2D eigenvalue weighted by Gasteiger charge is 2.36. The van der Waals surface area contributed by atoms with E-state index in [1.807, 2.05) is 59.6 Å². The Labute approximate surface area is 231 Å². The number of carbonyl (C=O) groups is 2. The zero-order valence-electron chi connectivity index (χ0n) is 22.0. The molecular formula is C27H22N10O4. The van der Waals surface area contributed by atoms with Crippen LogP contribution in [0.5, 0.6) is 0 Å². The molecule has 14 heteroatoms. The van der Waals surface area contributed by atoms with Crippen LogP contribution in [-0.4, -0.2) is 58.1 Å². The van der Waals surface area contributed by atoms with Gasteiger partial charge in [-0.3, -0.25) is 0 Å². The lowest BCUT2D eigenvalue weighted by molar-refractivity contribution is 0.0389.